The summed E-state index contributed by atoms with van der Waals surface area (Å²) < 4.78 is 10.5. The summed E-state index contributed by atoms with van der Waals surface area (Å²) in [5.74, 6) is 1.75. The number of methoxy groups -OCH3 is 2. The topological polar surface area (TPSA) is 18.5 Å². The van der Waals surface area contributed by atoms with E-state index in [-0.39, 0.29) is 6.29 Å². The highest BCUT2D eigenvalue weighted by atomic mass is 16.7. The molecule has 2 bridgehead atoms. The van der Waals surface area contributed by atoms with E-state index in [1.165, 1.54) is 12.8 Å². The first kappa shape index (κ1) is 12.1. The third kappa shape index (κ3) is 1.93. The Morgan fingerprint density at radius 2 is 2.06 bits per heavy atom. The Morgan fingerprint density at radius 3 is 2.56 bits per heavy atom. The Hall–Kier alpha value is -0.340. The van der Waals surface area contributed by atoms with Crippen LogP contribution in [0, 0.1) is 17.3 Å². The van der Waals surface area contributed by atoms with Crippen molar-refractivity contribution >= 4 is 0 Å². The van der Waals surface area contributed by atoms with Crippen LogP contribution in [0.4, 0.5) is 0 Å². The maximum atomic E-state index is 5.24. The molecular weight excluding hydrogens is 200 g/mol. The number of fused-ring (bicyclic) bond motifs is 1. The second-order valence-corrected chi connectivity index (χ2v) is 5.76. The van der Waals surface area contributed by atoms with Gasteiger partial charge >= 0.3 is 0 Å². The fraction of sp³-hybridized carbons (Fsp3) is 0.857. The standard InChI is InChI=1S/C14H24O2/c1-14(2)11-7-5-10(12(14)9-11)6-8-13(15-3)16-4/h5,11-13H,6-9H2,1-4H3. The van der Waals surface area contributed by atoms with Crippen LogP contribution < -0.4 is 0 Å². The highest BCUT2D eigenvalue weighted by molar-refractivity contribution is 5.23. The molecule has 0 heterocycles. The number of hydrogen-bond donors (Lipinski definition) is 0. The van der Waals surface area contributed by atoms with Crippen molar-refractivity contribution in [1.29, 1.82) is 0 Å². The summed E-state index contributed by atoms with van der Waals surface area (Å²) in [5, 5.41) is 0. The molecule has 0 N–H and O–H groups in total. The summed E-state index contributed by atoms with van der Waals surface area (Å²) in [4.78, 5) is 0. The molecule has 3 aliphatic rings. The van der Waals surface area contributed by atoms with Crippen molar-refractivity contribution in [1.82, 2.24) is 0 Å². The predicted molar refractivity (Wildman–Crippen MR) is 65.1 cm³/mol. The second kappa shape index (κ2) is 4.50. The third-order valence-corrected chi connectivity index (χ3v) is 4.78. The Kier molecular flexibility index (Phi) is 3.41. The van der Waals surface area contributed by atoms with E-state index < -0.39 is 0 Å². The molecular formula is C14H24O2. The number of rotatable bonds is 5. The zero-order chi connectivity index (χ0) is 11.8. The Bertz CT molecular complexity index is 276. The first-order chi connectivity index (χ1) is 7.59. The van der Waals surface area contributed by atoms with Crippen molar-refractivity contribution in [3.8, 4) is 0 Å². The van der Waals surface area contributed by atoms with Crippen LogP contribution >= 0.6 is 0 Å². The van der Waals surface area contributed by atoms with Crippen molar-refractivity contribution in [2.24, 2.45) is 17.3 Å². The molecule has 92 valence electrons. The van der Waals surface area contributed by atoms with E-state index in [1.807, 2.05) is 0 Å². The highest BCUT2D eigenvalue weighted by Gasteiger charge is 2.50. The zero-order valence-corrected chi connectivity index (χ0v) is 11.0. The molecule has 0 aromatic heterocycles. The lowest BCUT2D eigenvalue weighted by atomic mass is 9.48. The van der Waals surface area contributed by atoms with Gasteiger partial charge in [-0.15, -0.1) is 0 Å². The van der Waals surface area contributed by atoms with E-state index in [0.29, 0.717) is 5.41 Å². The van der Waals surface area contributed by atoms with Crippen LogP contribution in [0.5, 0.6) is 0 Å². The van der Waals surface area contributed by atoms with Crippen LogP contribution in [0.2, 0.25) is 0 Å². The summed E-state index contributed by atoms with van der Waals surface area (Å²) >= 11 is 0. The molecule has 3 aliphatic carbocycles. The van der Waals surface area contributed by atoms with Crippen LogP contribution in [0.15, 0.2) is 11.6 Å². The Labute approximate surface area is 99.0 Å². The fourth-order valence-electron chi connectivity index (χ4n) is 3.37. The number of hydrogen-bond acceptors (Lipinski definition) is 2. The number of ether oxygens (including phenoxy) is 2. The second-order valence-electron chi connectivity index (χ2n) is 5.76. The molecule has 2 unspecified atom stereocenters. The molecule has 2 atom stereocenters. The molecule has 2 nitrogen and oxygen atoms in total. The molecule has 0 radical (unpaired) electrons. The molecule has 0 saturated heterocycles. The summed E-state index contributed by atoms with van der Waals surface area (Å²) in [5.41, 5.74) is 2.19. The summed E-state index contributed by atoms with van der Waals surface area (Å²) in [6, 6.07) is 0. The van der Waals surface area contributed by atoms with Gasteiger partial charge in [-0.25, -0.2) is 0 Å². The molecule has 0 aromatic rings. The molecule has 1 fully saturated rings. The largest absolute Gasteiger partial charge is 0.356 e. The number of allylic oxidation sites excluding steroid dienone is 2. The Morgan fingerprint density at radius 1 is 1.38 bits per heavy atom. The monoisotopic (exact) mass is 224 g/mol. The molecule has 0 amide bonds. The third-order valence-electron chi connectivity index (χ3n) is 4.78. The lowest BCUT2D eigenvalue weighted by Gasteiger charge is -2.56. The molecule has 0 aliphatic heterocycles. The fourth-order valence-corrected chi connectivity index (χ4v) is 3.37. The molecule has 1 saturated carbocycles. The van der Waals surface area contributed by atoms with Crippen molar-refractivity contribution in [2.75, 3.05) is 14.2 Å². The van der Waals surface area contributed by atoms with Gasteiger partial charge in [0.1, 0.15) is 0 Å². The smallest absolute Gasteiger partial charge is 0.157 e. The van der Waals surface area contributed by atoms with Gasteiger partial charge in [-0.3, -0.25) is 0 Å². The van der Waals surface area contributed by atoms with Crippen LogP contribution in [0.3, 0.4) is 0 Å². The minimum absolute atomic E-state index is 0.0400. The molecule has 3 rings (SSSR count). The van der Waals surface area contributed by atoms with Gasteiger partial charge < -0.3 is 9.47 Å². The maximum Gasteiger partial charge on any atom is 0.157 e. The van der Waals surface area contributed by atoms with Crippen LogP contribution in [0.1, 0.15) is 39.5 Å². The first-order valence-electron chi connectivity index (χ1n) is 6.34. The Balaban J connectivity index is 1.89. The lowest BCUT2D eigenvalue weighted by molar-refractivity contribution is -0.107. The first-order valence-corrected chi connectivity index (χ1v) is 6.34. The van der Waals surface area contributed by atoms with Gasteiger partial charge in [0.2, 0.25) is 0 Å². The van der Waals surface area contributed by atoms with Gasteiger partial charge in [-0.1, -0.05) is 25.5 Å². The van der Waals surface area contributed by atoms with Gasteiger partial charge in [0, 0.05) is 20.6 Å². The molecule has 16 heavy (non-hydrogen) atoms. The van der Waals surface area contributed by atoms with E-state index in [9.17, 15) is 0 Å². The summed E-state index contributed by atoms with van der Waals surface area (Å²) in [7, 11) is 3.43. The highest BCUT2D eigenvalue weighted by Crippen LogP contribution is 2.59. The average molecular weight is 224 g/mol. The van der Waals surface area contributed by atoms with Crippen molar-refractivity contribution in [3.05, 3.63) is 11.6 Å². The van der Waals surface area contributed by atoms with Crippen molar-refractivity contribution < 1.29 is 9.47 Å². The lowest BCUT2D eigenvalue weighted by Crippen LogP contribution is -2.48. The predicted octanol–water partition coefficient (Wildman–Crippen LogP) is 3.38. The van der Waals surface area contributed by atoms with E-state index in [1.54, 1.807) is 19.8 Å². The van der Waals surface area contributed by atoms with E-state index in [2.05, 4.69) is 19.9 Å². The molecule has 2 heteroatoms. The summed E-state index contributed by atoms with van der Waals surface area (Å²) in [6.07, 6.45) is 7.23. The van der Waals surface area contributed by atoms with Crippen LogP contribution in [0.25, 0.3) is 0 Å². The van der Waals surface area contributed by atoms with E-state index >= 15 is 0 Å². The van der Waals surface area contributed by atoms with Gasteiger partial charge in [0.05, 0.1) is 0 Å². The molecule has 0 aromatic carbocycles. The van der Waals surface area contributed by atoms with E-state index in [4.69, 9.17) is 9.47 Å². The van der Waals surface area contributed by atoms with Crippen molar-refractivity contribution in [3.63, 3.8) is 0 Å². The van der Waals surface area contributed by atoms with Gasteiger partial charge in [-0.05, 0) is 36.5 Å². The summed E-state index contributed by atoms with van der Waals surface area (Å²) in [6.45, 7) is 4.84. The van der Waals surface area contributed by atoms with Gasteiger partial charge in [0.25, 0.3) is 0 Å². The van der Waals surface area contributed by atoms with Gasteiger partial charge in [-0.2, -0.15) is 0 Å². The normalized spacial score (nSPS) is 31.2. The quantitative estimate of drug-likeness (QED) is 0.526. The van der Waals surface area contributed by atoms with Crippen molar-refractivity contribution in [2.45, 2.75) is 45.8 Å². The zero-order valence-electron chi connectivity index (χ0n) is 11.0. The van der Waals surface area contributed by atoms with Crippen LogP contribution in [-0.4, -0.2) is 20.5 Å². The van der Waals surface area contributed by atoms with Gasteiger partial charge in [0.15, 0.2) is 6.29 Å². The average Bonchev–Trinajstić information content (AvgIpc) is 2.30. The van der Waals surface area contributed by atoms with Crippen LogP contribution in [-0.2, 0) is 9.47 Å². The molecule has 0 spiro atoms. The minimum atomic E-state index is -0.0400. The SMILES string of the molecule is COC(CCC1=CCC2CC1C2(C)C)OC. The maximum absolute atomic E-state index is 5.24. The minimum Gasteiger partial charge on any atom is -0.356 e. The van der Waals surface area contributed by atoms with E-state index in [0.717, 1.165) is 24.7 Å².